The van der Waals surface area contributed by atoms with Gasteiger partial charge in [0.15, 0.2) is 8.32 Å². The van der Waals surface area contributed by atoms with Crippen molar-refractivity contribution in [3.63, 3.8) is 0 Å². The van der Waals surface area contributed by atoms with E-state index in [9.17, 15) is 9.59 Å². The number of carbonyl (C=O) groups excluding carboxylic acids is 2. The monoisotopic (exact) mass is 774 g/mol. The van der Waals surface area contributed by atoms with Crippen molar-refractivity contribution >= 4 is 71.9 Å². The highest BCUT2D eigenvalue weighted by molar-refractivity contribution is 6.73. The molecule has 2 aromatic carbocycles. The maximum atomic E-state index is 13.6. The summed E-state index contributed by atoms with van der Waals surface area (Å²) in [6, 6.07) is 13.5. The molecule has 1 heterocycles. The number of aromatic nitrogens is 2. The molecule has 50 heavy (non-hydrogen) atoms. The van der Waals surface area contributed by atoms with E-state index in [2.05, 4.69) is 25.9 Å². The number of carbonyl (C=O) groups is 2. The van der Waals surface area contributed by atoms with E-state index in [1.54, 1.807) is 49.9 Å². The summed E-state index contributed by atoms with van der Waals surface area (Å²) >= 11 is 15.8. The molecular weight excluding hydrogens is 723 g/mol. The largest absolute Gasteiger partial charge is 0.492 e. The minimum Gasteiger partial charge on any atom is -0.492 e. The fraction of sp³-hybridized carbons (Fsp3) is 0.571. The first-order chi connectivity index (χ1) is 23.4. The number of hydrogen-bond acceptors (Lipinski definition) is 9. The second-order valence-electron chi connectivity index (χ2n) is 13.6. The second kappa shape index (κ2) is 19.1. The van der Waals surface area contributed by atoms with Gasteiger partial charge in [0, 0.05) is 6.07 Å². The zero-order valence-electron chi connectivity index (χ0n) is 30.9. The van der Waals surface area contributed by atoms with Gasteiger partial charge in [-0.3, -0.25) is 0 Å². The smallest absolute Gasteiger partial charge is 0.435 e. The molecule has 1 amide bonds. The fourth-order valence-electron chi connectivity index (χ4n) is 5.08. The lowest BCUT2D eigenvalue weighted by atomic mass is 10.1. The van der Waals surface area contributed by atoms with E-state index in [1.165, 1.54) is 7.11 Å². The molecule has 11 nitrogen and oxygen atoms in total. The lowest BCUT2D eigenvalue weighted by Crippen LogP contribution is -2.45. The van der Waals surface area contributed by atoms with Crippen molar-refractivity contribution in [1.82, 2.24) is 14.7 Å². The number of fused-ring (bicyclic) bond motifs is 1. The van der Waals surface area contributed by atoms with Gasteiger partial charge in [0.25, 0.3) is 0 Å². The molecule has 0 saturated heterocycles. The van der Waals surface area contributed by atoms with Gasteiger partial charge in [0.2, 0.25) is 5.88 Å². The van der Waals surface area contributed by atoms with Crippen molar-refractivity contribution in [1.29, 1.82) is 0 Å². The maximum Gasteiger partial charge on any atom is 0.435 e. The van der Waals surface area contributed by atoms with Crippen molar-refractivity contribution in [3.8, 4) is 11.6 Å². The summed E-state index contributed by atoms with van der Waals surface area (Å²) in [6.45, 7) is 17.9. The quantitative estimate of drug-likeness (QED) is 0.103. The number of nitrogens with zero attached hydrogens (tertiary/aromatic N) is 3. The summed E-state index contributed by atoms with van der Waals surface area (Å²) in [4.78, 5) is 28.1. The lowest BCUT2D eigenvalue weighted by molar-refractivity contribution is 0.0131. The summed E-state index contributed by atoms with van der Waals surface area (Å²) in [5.41, 5.74) is 6.52. The Kier molecular flexibility index (Phi) is 16.5. The average molecular weight is 776 g/mol. The Labute approximate surface area is 312 Å². The van der Waals surface area contributed by atoms with E-state index in [0.717, 1.165) is 28.4 Å². The number of methoxy groups -OCH3 is 1. The summed E-state index contributed by atoms with van der Waals surface area (Å²) in [5, 5.41) is 5.56. The molecule has 1 aromatic heterocycles. The number of nitrogens with two attached hydrogens (primary N) is 1. The Bertz CT molecular complexity index is 1550. The van der Waals surface area contributed by atoms with E-state index in [1.807, 2.05) is 32.9 Å². The van der Waals surface area contributed by atoms with Crippen molar-refractivity contribution in [2.24, 2.45) is 0 Å². The number of alkyl halides is 2. The molecule has 0 fully saturated rings. The minimum atomic E-state index is -2.12. The Hall–Kier alpha value is -2.90. The molecule has 280 valence electrons. The molecule has 3 aromatic rings. The number of nitrogen functional groups attached to an aromatic ring is 1. The molecule has 0 bridgehead atoms. The van der Waals surface area contributed by atoms with Gasteiger partial charge >= 0.3 is 12.2 Å². The van der Waals surface area contributed by atoms with Crippen LogP contribution >= 0.6 is 34.8 Å². The SMILES string of the molecule is CC[Si](CC)(CC)O[C@@H](CN(CCOc1ccc2c(OC)nn(C(=O)OC(C)(C)C)c2c1)C(=O)OC(C)(C)C)c1ccc(Cl)c(N)c1.ClCCl. The van der Waals surface area contributed by atoms with Gasteiger partial charge in [-0.25, -0.2) is 9.59 Å². The molecule has 0 aliphatic rings. The highest BCUT2D eigenvalue weighted by Gasteiger charge is 2.35. The summed E-state index contributed by atoms with van der Waals surface area (Å²) in [7, 11) is -0.638. The molecule has 0 radical (unpaired) electrons. The van der Waals surface area contributed by atoms with Crippen LogP contribution in [0.25, 0.3) is 10.9 Å². The van der Waals surface area contributed by atoms with E-state index in [0.29, 0.717) is 27.4 Å². The van der Waals surface area contributed by atoms with Crippen LogP contribution in [0.1, 0.15) is 74.0 Å². The summed E-state index contributed by atoms with van der Waals surface area (Å²) in [5.74, 6) is 0.759. The predicted molar refractivity (Wildman–Crippen MR) is 205 cm³/mol. The molecular formula is C35H53Cl3N4O7Si. The molecule has 1 atom stereocenters. The Morgan fingerprint density at radius 2 is 1.56 bits per heavy atom. The van der Waals surface area contributed by atoms with E-state index in [4.69, 9.17) is 63.9 Å². The van der Waals surface area contributed by atoms with Crippen LogP contribution in [0.2, 0.25) is 23.2 Å². The maximum absolute atomic E-state index is 13.6. The van der Waals surface area contributed by atoms with Crippen molar-refractivity contribution in [3.05, 3.63) is 47.0 Å². The zero-order chi connectivity index (χ0) is 37.9. The van der Waals surface area contributed by atoms with Gasteiger partial charge in [-0.1, -0.05) is 38.4 Å². The van der Waals surface area contributed by atoms with E-state index in [-0.39, 0.29) is 30.9 Å². The van der Waals surface area contributed by atoms with Gasteiger partial charge in [-0.15, -0.1) is 28.3 Å². The Morgan fingerprint density at radius 1 is 0.960 bits per heavy atom. The third kappa shape index (κ3) is 12.7. The molecule has 15 heteroatoms. The van der Waals surface area contributed by atoms with Crippen LogP contribution < -0.4 is 15.2 Å². The molecule has 0 saturated carbocycles. The van der Waals surface area contributed by atoms with Gasteiger partial charge in [0.1, 0.15) is 23.6 Å². The third-order valence-corrected chi connectivity index (χ3v) is 12.8. The number of ether oxygens (including phenoxy) is 4. The Balaban J connectivity index is 0.00000278. The van der Waals surface area contributed by atoms with Crippen LogP contribution in [-0.2, 0) is 13.9 Å². The van der Waals surface area contributed by atoms with E-state index < -0.39 is 37.8 Å². The average Bonchev–Trinajstić information content (AvgIpc) is 3.41. The molecule has 0 unspecified atom stereocenters. The third-order valence-electron chi connectivity index (χ3n) is 7.76. The normalized spacial score (nSPS) is 12.5. The van der Waals surface area contributed by atoms with Gasteiger partial charge in [0.05, 0.1) is 53.3 Å². The first-order valence-electron chi connectivity index (χ1n) is 16.6. The fourth-order valence-corrected chi connectivity index (χ4v) is 8.02. The summed E-state index contributed by atoms with van der Waals surface area (Å²) in [6.07, 6.45) is -1.59. The van der Waals surface area contributed by atoms with Crippen LogP contribution in [-0.4, -0.2) is 78.5 Å². The predicted octanol–water partition coefficient (Wildman–Crippen LogP) is 9.86. The number of anilines is 1. The number of amides is 1. The molecule has 0 spiro atoms. The molecule has 0 aliphatic carbocycles. The van der Waals surface area contributed by atoms with Gasteiger partial charge in [-0.05, 0) is 89.5 Å². The lowest BCUT2D eigenvalue weighted by Gasteiger charge is -2.36. The molecule has 0 aliphatic heterocycles. The van der Waals surface area contributed by atoms with Crippen molar-refractivity contribution < 1.29 is 33.0 Å². The zero-order valence-corrected chi connectivity index (χ0v) is 34.2. The highest BCUT2D eigenvalue weighted by atomic mass is 35.5. The molecule has 3 rings (SSSR count). The van der Waals surface area contributed by atoms with E-state index >= 15 is 0 Å². The van der Waals surface area contributed by atoms with Crippen LogP contribution in [0.3, 0.4) is 0 Å². The number of halogens is 3. The molecule has 2 N–H and O–H groups in total. The van der Waals surface area contributed by atoms with Crippen LogP contribution in [0.5, 0.6) is 11.6 Å². The van der Waals surface area contributed by atoms with Crippen LogP contribution in [0.4, 0.5) is 15.3 Å². The van der Waals surface area contributed by atoms with Gasteiger partial charge < -0.3 is 34.0 Å². The van der Waals surface area contributed by atoms with Crippen molar-refractivity contribution in [2.45, 2.75) is 97.8 Å². The highest BCUT2D eigenvalue weighted by Crippen LogP contribution is 2.34. The number of hydrogen-bond donors (Lipinski definition) is 1. The van der Waals surface area contributed by atoms with Crippen molar-refractivity contribution in [2.75, 3.05) is 37.9 Å². The number of benzene rings is 2. The van der Waals surface area contributed by atoms with Crippen LogP contribution in [0.15, 0.2) is 36.4 Å². The van der Waals surface area contributed by atoms with Gasteiger partial charge in [-0.2, -0.15) is 4.68 Å². The topological polar surface area (TPSA) is 127 Å². The second-order valence-corrected chi connectivity index (χ2v) is 19.5. The Morgan fingerprint density at radius 3 is 2.08 bits per heavy atom. The number of rotatable bonds is 13. The minimum absolute atomic E-state index is 0.135. The first-order valence-corrected chi connectivity index (χ1v) is 20.6. The van der Waals surface area contributed by atoms with Crippen LogP contribution in [0, 0.1) is 0 Å². The standard InChI is InChI=1S/C34H51ClN4O7Si.CH2Cl2/c1-11-47(12-2,13-3)46-29(23-14-17-26(35)27(36)20-23)22-38(31(40)44-33(4,5)6)18-19-43-24-15-16-25-28(21-24)39(37-30(25)42-10)32(41)45-34(7,8)9;2-1-3/h14-17,20-21,29H,11-13,18-19,22,36H2,1-10H3;1H2/t29-;/m0./s1. The first kappa shape index (κ1) is 43.3. The summed E-state index contributed by atoms with van der Waals surface area (Å²) < 4.78 is 31.0.